The third-order valence-electron chi connectivity index (χ3n) is 9.09. The van der Waals surface area contributed by atoms with E-state index in [0.29, 0.717) is 30.5 Å². The molecule has 8 nitrogen and oxygen atoms in total. The topological polar surface area (TPSA) is 134 Å². The number of hydrogen-bond acceptors (Lipinski definition) is 4. The van der Waals surface area contributed by atoms with Crippen molar-refractivity contribution in [3.8, 4) is 5.69 Å². The molecule has 0 saturated heterocycles. The minimum absolute atomic E-state index is 0.0498. The fraction of sp³-hybridized carbons (Fsp3) is 0.387. The van der Waals surface area contributed by atoms with Crippen LogP contribution in [0.2, 0.25) is 0 Å². The van der Waals surface area contributed by atoms with Gasteiger partial charge in [-0.25, -0.2) is 13.8 Å². The molecule has 2 aromatic heterocycles. The first-order chi connectivity index (χ1) is 19.4. The lowest BCUT2D eigenvalue weighted by Gasteiger charge is -2.35. The van der Waals surface area contributed by atoms with Crippen LogP contribution >= 0.6 is 11.6 Å². The van der Waals surface area contributed by atoms with Crippen LogP contribution in [0.3, 0.4) is 0 Å². The maximum absolute atomic E-state index is 14.4. The van der Waals surface area contributed by atoms with E-state index in [4.69, 9.17) is 17.3 Å². The van der Waals surface area contributed by atoms with Crippen LogP contribution in [0.25, 0.3) is 16.6 Å². The Hall–Kier alpha value is -3.69. The molecule has 2 unspecified atom stereocenters. The number of aromatic amines is 2. The number of benzene rings is 2. The molecule has 0 spiro atoms. The highest BCUT2D eigenvalue weighted by molar-refractivity contribution is 6.22. The Morgan fingerprint density at radius 3 is 2.61 bits per heavy atom. The summed E-state index contributed by atoms with van der Waals surface area (Å²) in [6.45, 7) is 5.46. The molecule has 4 atom stereocenters. The third kappa shape index (κ3) is 4.33. The maximum atomic E-state index is 14.4. The summed E-state index contributed by atoms with van der Waals surface area (Å²) in [6, 6.07) is 9.47. The first kappa shape index (κ1) is 27.5. The van der Waals surface area contributed by atoms with Gasteiger partial charge in [-0.15, -0.1) is 11.6 Å². The van der Waals surface area contributed by atoms with E-state index in [9.17, 15) is 23.9 Å². The van der Waals surface area contributed by atoms with Crippen LogP contribution in [0.4, 0.5) is 4.39 Å². The predicted octanol–water partition coefficient (Wildman–Crippen LogP) is 4.04. The van der Waals surface area contributed by atoms with Crippen LogP contribution in [0.5, 0.6) is 0 Å². The summed E-state index contributed by atoms with van der Waals surface area (Å²) in [4.78, 5) is 45.2. The summed E-state index contributed by atoms with van der Waals surface area (Å²) in [6.07, 6.45) is 2.44. The molecule has 2 aliphatic carbocycles. The molecule has 0 fully saturated rings. The zero-order valence-corrected chi connectivity index (χ0v) is 23.8. The normalized spacial score (nSPS) is 22.4. The molecule has 0 bridgehead atoms. The number of aromatic nitrogens is 3. The highest BCUT2D eigenvalue weighted by Crippen LogP contribution is 2.50. The molecule has 2 heterocycles. The van der Waals surface area contributed by atoms with Crippen molar-refractivity contribution in [1.82, 2.24) is 14.5 Å². The Balaban J connectivity index is 1.54. The fourth-order valence-electron chi connectivity index (χ4n) is 6.90. The lowest BCUT2D eigenvalue weighted by molar-refractivity contribution is -0.119. The fourth-order valence-corrected chi connectivity index (χ4v) is 7.34. The summed E-state index contributed by atoms with van der Waals surface area (Å²) in [5.74, 6) is -2.01. The van der Waals surface area contributed by atoms with Gasteiger partial charge in [0.1, 0.15) is 5.82 Å². The Kier molecular flexibility index (Phi) is 6.50. The number of nitrogens with one attached hydrogen (secondary N) is 2. The summed E-state index contributed by atoms with van der Waals surface area (Å²) in [5, 5.41) is 10.3. The molecule has 10 heteroatoms. The number of nitrogens with zero attached hydrogens (tertiary/aromatic N) is 1. The van der Waals surface area contributed by atoms with Crippen molar-refractivity contribution in [2.45, 2.75) is 69.3 Å². The number of nitrogens with two attached hydrogens (primary N) is 1. The van der Waals surface area contributed by atoms with Gasteiger partial charge in [-0.1, -0.05) is 18.2 Å². The third-order valence-corrected chi connectivity index (χ3v) is 9.52. The lowest BCUT2D eigenvalue weighted by Crippen LogP contribution is -2.36. The van der Waals surface area contributed by atoms with Gasteiger partial charge < -0.3 is 20.8 Å². The quantitative estimate of drug-likeness (QED) is 0.272. The molecular formula is C31H32ClFN4O4. The highest BCUT2D eigenvalue weighted by atomic mass is 35.5. The monoisotopic (exact) mass is 578 g/mol. The number of H-pyrrole nitrogens is 2. The molecule has 2 aromatic carbocycles. The van der Waals surface area contributed by atoms with Gasteiger partial charge in [0.15, 0.2) is 0 Å². The number of aliphatic hydroxyl groups is 1. The number of primary amides is 1. The average Bonchev–Trinajstić information content (AvgIpc) is 3.28. The molecule has 0 aliphatic heterocycles. The van der Waals surface area contributed by atoms with E-state index in [1.54, 1.807) is 12.1 Å². The van der Waals surface area contributed by atoms with Gasteiger partial charge in [-0.3, -0.25) is 9.59 Å². The predicted molar refractivity (Wildman–Crippen MR) is 156 cm³/mol. The van der Waals surface area contributed by atoms with Gasteiger partial charge in [0.05, 0.1) is 28.1 Å². The first-order valence-corrected chi connectivity index (χ1v) is 14.2. The van der Waals surface area contributed by atoms with E-state index in [2.05, 4.69) is 9.97 Å². The SMILES string of the molecule is Cc1c(C2c3c([nH]c4c3CC[C@H](C(C)(C)O)C4)[C@@H](C(N)=O)CC2Cl)cccc1-n1c(=O)[nH]c2c(F)cccc2c1=O. The second-order valence-corrected chi connectivity index (χ2v) is 12.5. The summed E-state index contributed by atoms with van der Waals surface area (Å²) in [7, 11) is 0. The van der Waals surface area contributed by atoms with Crippen LogP contribution in [0.1, 0.15) is 72.2 Å². The number of carbonyl (C=O) groups is 1. The van der Waals surface area contributed by atoms with Crippen molar-refractivity contribution in [1.29, 1.82) is 0 Å². The number of alkyl halides is 1. The summed E-state index contributed by atoms with van der Waals surface area (Å²) < 4.78 is 15.4. The van der Waals surface area contributed by atoms with Crippen molar-refractivity contribution in [3.05, 3.63) is 96.7 Å². The van der Waals surface area contributed by atoms with E-state index in [-0.39, 0.29) is 22.7 Å². The molecule has 4 aromatic rings. The highest BCUT2D eigenvalue weighted by Gasteiger charge is 2.43. The molecular weight excluding hydrogens is 547 g/mol. The van der Waals surface area contributed by atoms with Crippen LogP contribution in [-0.4, -0.2) is 36.5 Å². The van der Waals surface area contributed by atoms with Crippen LogP contribution in [-0.2, 0) is 17.6 Å². The molecule has 41 heavy (non-hydrogen) atoms. The zero-order chi connectivity index (χ0) is 29.4. The number of carbonyl (C=O) groups excluding carboxylic acids is 1. The molecule has 5 N–H and O–H groups in total. The second kappa shape index (κ2) is 9.70. The van der Waals surface area contributed by atoms with Crippen LogP contribution in [0, 0.1) is 18.7 Å². The van der Waals surface area contributed by atoms with Crippen molar-refractivity contribution in [3.63, 3.8) is 0 Å². The molecule has 2 aliphatic rings. The van der Waals surface area contributed by atoms with Crippen LogP contribution in [0.15, 0.2) is 46.0 Å². The minimum Gasteiger partial charge on any atom is -0.390 e. The zero-order valence-electron chi connectivity index (χ0n) is 23.1. The van der Waals surface area contributed by atoms with Gasteiger partial charge in [0.2, 0.25) is 5.91 Å². The smallest absolute Gasteiger partial charge is 0.333 e. The Bertz CT molecular complexity index is 1830. The van der Waals surface area contributed by atoms with Gasteiger partial charge >= 0.3 is 5.69 Å². The molecule has 214 valence electrons. The largest absolute Gasteiger partial charge is 0.390 e. The second-order valence-electron chi connectivity index (χ2n) is 11.9. The van der Waals surface area contributed by atoms with E-state index < -0.39 is 39.9 Å². The standard InChI is InChI=1S/C31H32ClFN4O4/c1-14-16(6-5-9-23(14)37-29(39)18-7-4-8-21(33)26(18)36-30(37)40)24-20(32)13-19(28(34)38)27-25(24)17-11-10-15(31(2,3)41)12-22(17)35-27/h4-9,15,19-20,24,35,41H,10-13H2,1-3H3,(H2,34,38)(H,36,40)/t15-,19-,20?,24?/m0/s1. The van der Waals surface area contributed by atoms with Crippen molar-refractivity contribution in [2.75, 3.05) is 0 Å². The maximum Gasteiger partial charge on any atom is 0.333 e. The molecule has 1 amide bonds. The molecule has 0 saturated carbocycles. The first-order valence-electron chi connectivity index (χ1n) is 13.8. The van der Waals surface area contributed by atoms with Crippen LogP contribution < -0.4 is 17.0 Å². The van der Waals surface area contributed by atoms with Crippen molar-refractivity contribution in [2.24, 2.45) is 11.7 Å². The Morgan fingerprint density at radius 1 is 1.17 bits per heavy atom. The number of fused-ring (bicyclic) bond motifs is 4. The summed E-state index contributed by atoms with van der Waals surface area (Å²) in [5.41, 5.74) is 9.11. The molecule has 6 rings (SSSR count). The molecule has 0 radical (unpaired) electrons. The Labute approximate surface area is 240 Å². The van der Waals surface area contributed by atoms with E-state index in [1.807, 2.05) is 26.8 Å². The van der Waals surface area contributed by atoms with Gasteiger partial charge in [-0.2, -0.15) is 0 Å². The van der Waals surface area contributed by atoms with E-state index >= 15 is 0 Å². The van der Waals surface area contributed by atoms with Gasteiger partial charge in [0.25, 0.3) is 5.56 Å². The van der Waals surface area contributed by atoms with E-state index in [0.717, 1.165) is 39.1 Å². The number of halogens is 2. The van der Waals surface area contributed by atoms with Gasteiger partial charge in [0, 0.05) is 22.7 Å². The van der Waals surface area contributed by atoms with Crippen molar-refractivity contribution < 1.29 is 14.3 Å². The van der Waals surface area contributed by atoms with Crippen molar-refractivity contribution >= 4 is 28.4 Å². The minimum atomic E-state index is -0.852. The Morgan fingerprint density at radius 2 is 1.90 bits per heavy atom. The average molecular weight is 579 g/mol. The number of amides is 1. The van der Waals surface area contributed by atoms with Gasteiger partial charge in [-0.05, 0) is 92.8 Å². The lowest BCUT2D eigenvalue weighted by atomic mass is 9.71. The summed E-state index contributed by atoms with van der Waals surface area (Å²) >= 11 is 7.07. The number of para-hydroxylation sites is 1. The number of hydrogen-bond donors (Lipinski definition) is 4. The number of rotatable bonds is 4. The van der Waals surface area contributed by atoms with E-state index in [1.165, 1.54) is 18.2 Å².